The summed E-state index contributed by atoms with van der Waals surface area (Å²) in [4.78, 5) is 4.44. The van der Waals surface area contributed by atoms with E-state index in [0.717, 1.165) is 24.4 Å². The minimum Gasteiger partial charge on any atom is -0.497 e. The summed E-state index contributed by atoms with van der Waals surface area (Å²) in [6, 6.07) is 13.5. The number of hydrogen-bond donors (Lipinski definition) is 2. The summed E-state index contributed by atoms with van der Waals surface area (Å²) in [6.07, 6.45) is 2.44. The van der Waals surface area contributed by atoms with Crippen molar-refractivity contribution in [1.82, 2.24) is 15.2 Å². The molecule has 0 amide bonds. The Labute approximate surface area is 163 Å². The van der Waals surface area contributed by atoms with Gasteiger partial charge in [-0.05, 0) is 36.2 Å². The normalized spacial score (nSPS) is 10.2. The Bertz CT molecular complexity index is 903. The standard InChI is InChI=1S/C20H23N5O3/c1-26-16-7-4-14(5-8-16)10-11-21-19-13-22-25-20(24-19)23-15-6-9-17(27-2)18(12-15)28-3/h4-9,12-13H,10-11H2,1-3H3,(H2,21,23,24,25). The second-order valence-electron chi connectivity index (χ2n) is 5.88. The molecule has 1 heterocycles. The van der Waals surface area contributed by atoms with Gasteiger partial charge in [-0.15, -0.1) is 5.10 Å². The van der Waals surface area contributed by atoms with E-state index in [4.69, 9.17) is 14.2 Å². The predicted molar refractivity (Wildman–Crippen MR) is 108 cm³/mol. The van der Waals surface area contributed by atoms with Crippen LogP contribution in [0.25, 0.3) is 0 Å². The van der Waals surface area contributed by atoms with Gasteiger partial charge in [0.2, 0.25) is 5.95 Å². The quantitative estimate of drug-likeness (QED) is 0.583. The fraction of sp³-hybridized carbons (Fsp3) is 0.250. The summed E-state index contributed by atoms with van der Waals surface area (Å²) in [5.41, 5.74) is 1.98. The molecule has 8 nitrogen and oxygen atoms in total. The number of rotatable bonds is 9. The number of ether oxygens (including phenoxy) is 3. The maximum atomic E-state index is 5.31. The average Bonchev–Trinajstić information content (AvgIpc) is 2.74. The number of anilines is 3. The summed E-state index contributed by atoms with van der Waals surface area (Å²) in [5, 5.41) is 14.4. The molecule has 0 atom stereocenters. The zero-order chi connectivity index (χ0) is 19.8. The molecule has 0 spiro atoms. The van der Waals surface area contributed by atoms with Gasteiger partial charge in [0.1, 0.15) is 5.75 Å². The van der Waals surface area contributed by atoms with Gasteiger partial charge in [0, 0.05) is 18.3 Å². The molecule has 0 aliphatic rings. The molecule has 0 saturated carbocycles. The van der Waals surface area contributed by atoms with Crippen LogP contribution < -0.4 is 24.8 Å². The van der Waals surface area contributed by atoms with Crippen LogP contribution in [0.2, 0.25) is 0 Å². The minimum absolute atomic E-state index is 0.390. The van der Waals surface area contributed by atoms with Crippen LogP contribution in [0.15, 0.2) is 48.7 Å². The first-order valence-electron chi connectivity index (χ1n) is 8.77. The van der Waals surface area contributed by atoms with Crippen molar-refractivity contribution in [2.24, 2.45) is 0 Å². The van der Waals surface area contributed by atoms with E-state index in [1.807, 2.05) is 42.5 Å². The lowest BCUT2D eigenvalue weighted by molar-refractivity contribution is 0.355. The molecule has 0 bridgehead atoms. The molecular formula is C20H23N5O3. The molecule has 0 aliphatic carbocycles. The number of nitrogens with zero attached hydrogens (tertiary/aromatic N) is 3. The minimum atomic E-state index is 0.390. The van der Waals surface area contributed by atoms with Crippen molar-refractivity contribution in [3.63, 3.8) is 0 Å². The largest absolute Gasteiger partial charge is 0.497 e. The van der Waals surface area contributed by atoms with Crippen LogP contribution in [0.4, 0.5) is 17.5 Å². The fourth-order valence-electron chi connectivity index (χ4n) is 2.61. The van der Waals surface area contributed by atoms with Gasteiger partial charge in [0.15, 0.2) is 17.3 Å². The van der Waals surface area contributed by atoms with Gasteiger partial charge in [-0.25, -0.2) is 0 Å². The third-order valence-corrected chi connectivity index (χ3v) is 4.08. The Hall–Kier alpha value is -3.55. The van der Waals surface area contributed by atoms with Gasteiger partial charge in [-0.2, -0.15) is 10.1 Å². The van der Waals surface area contributed by atoms with Gasteiger partial charge in [-0.3, -0.25) is 0 Å². The lowest BCUT2D eigenvalue weighted by atomic mass is 10.1. The summed E-state index contributed by atoms with van der Waals surface area (Å²) in [7, 11) is 4.85. The van der Waals surface area contributed by atoms with Crippen LogP contribution in [-0.2, 0) is 6.42 Å². The van der Waals surface area contributed by atoms with Crippen molar-refractivity contribution < 1.29 is 14.2 Å². The third-order valence-electron chi connectivity index (χ3n) is 4.08. The molecule has 146 valence electrons. The lowest BCUT2D eigenvalue weighted by Gasteiger charge is -2.11. The van der Waals surface area contributed by atoms with E-state index >= 15 is 0 Å². The Balaban J connectivity index is 1.59. The fourth-order valence-corrected chi connectivity index (χ4v) is 2.61. The van der Waals surface area contributed by atoms with Crippen molar-refractivity contribution in [2.75, 3.05) is 38.5 Å². The second kappa shape index (κ2) is 9.40. The number of hydrogen-bond acceptors (Lipinski definition) is 8. The number of aromatic nitrogens is 3. The maximum Gasteiger partial charge on any atom is 0.249 e. The first-order valence-corrected chi connectivity index (χ1v) is 8.77. The van der Waals surface area contributed by atoms with E-state index in [9.17, 15) is 0 Å². The molecule has 0 unspecified atom stereocenters. The zero-order valence-corrected chi connectivity index (χ0v) is 16.1. The van der Waals surface area contributed by atoms with Crippen LogP contribution in [0, 0.1) is 0 Å². The Morgan fingerprint density at radius 1 is 0.893 bits per heavy atom. The highest BCUT2D eigenvalue weighted by Gasteiger charge is 2.07. The van der Waals surface area contributed by atoms with Gasteiger partial charge >= 0.3 is 0 Å². The van der Waals surface area contributed by atoms with Crippen molar-refractivity contribution in [3.05, 3.63) is 54.2 Å². The molecule has 3 aromatic rings. The van der Waals surface area contributed by atoms with Crippen LogP contribution in [0.5, 0.6) is 17.2 Å². The summed E-state index contributed by atoms with van der Waals surface area (Å²) >= 11 is 0. The SMILES string of the molecule is COc1ccc(CCNc2cnnc(Nc3ccc(OC)c(OC)c3)n2)cc1. The molecule has 2 N–H and O–H groups in total. The van der Waals surface area contributed by atoms with Gasteiger partial charge in [-0.1, -0.05) is 12.1 Å². The van der Waals surface area contributed by atoms with Crippen molar-refractivity contribution in [3.8, 4) is 17.2 Å². The summed E-state index contributed by atoms with van der Waals surface area (Å²) in [6.45, 7) is 0.723. The molecule has 1 aromatic heterocycles. The van der Waals surface area contributed by atoms with Crippen LogP contribution in [0.3, 0.4) is 0 Å². The highest BCUT2D eigenvalue weighted by molar-refractivity contribution is 5.60. The monoisotopic (exact) mass is 381 g/mol. The lowest BCUT2D eigenvalue weighted by Crippen LogP contribution is -2.08. The molecule has 2 aromatic carbocycles. The molecule has 0 fully saturated rings. The van der Waals surface area contributed by atoms with E-state index in [1.165, 1.54) is 5.56 Å². The molecule has 28 heavy (non-hydrogen) atoms. The van der Waals surface area contributed by atoms with Gasteiger partial charge < -0.3 is 24.8 Å². The Kier molecular flexibility index (Phi) is 6.46. The molecular weight excluding hydrogens is 358 g/mol. The van der Waals surface area contributed by atoms with Crippen molar-refractivity contribution in [2.45, 2.75) is 6.42 Å². The van der Waals surface area contributed by atoms with E-state index in [-0.39, 0.29) is 0 Å². The highest BCUT2D eigenvalue weighted by atomic mass is 16.5. The molecule has 8 heteroatoms. The van der Waals surface area contributed by atoms with Crippen LogP contribution >= 0.6 is 0 Å². The Morgan fingerprint density at radius 2 is 1.68 bits per heavy atom. The van der Waals surface area contributed by atoms with Gasteiger partial charge in [0.25, 0.3) is 0 Å². The second-order valence-corrected chi connectivity index (χ2v) is 5.88. The van der Waals surface area contributed by atoms with E-state index in [2.05, 4.69) is 25.8 Å². The first kappa shape index (κ1) is 19.2. The molecule has 0 aliphatic heterocycles. The topological polar surface area (TPSA) is 90.4 Å². The molecule has 0 saturated heterocycles. The first-order chi connectivity index (χ1) is 13.7. The van der Waals surface area contributed by atoms with Crippen LogP contribution in [0.1, 0.15) is 5.56 Å². The van der Waals surface area contributed by atoms with Crippen LogP contribution in [-0.4, -0.2) is 43.1 Å². The highest BCUT2D eigenvalue weighted by Crippen LogP contribution is 2.30. The predicted octanol–water partition coefficient (Wildman–Crippen LogP) is 3.30. The van der Waals surface area contributed by atoms with E-state index in [0.29, 0.717) is 23.3 Å². The van der Waals surface area contributed by atoms with Crippen molar-refractivity contribution >= 4 is 17.5 Å². The maximum absolute atomic E-state index is 5.31. The Morgan fingerprint density at radius 3 is 2.39 bits per heavy atom. The molecule has 0 radical (unpaired) electrons. The summed E-state index contributed by atoms with van der Waals surface area (Å²) < 4.78 is 15.7. The molecule has 3 rings (SSSR count). The van der Waals surface area contributed by atoms with E-state index in [1.54, 1.807) is 27.5 Å². The zero-order valence-electron chi connectivity index (χ0n) is 16.1. The number of methoxy groups -OCH3 is 3. The van der Waals surface area contributed by atoms with E-state index < -0.39 is 0 Å². The number of nitrogens with one attached hydrogen (secondary N) is 2. The van der Waals surface area contributed by atoms with Crippen molar-refractivity contribution in [1.29, 1.82) is 0 Å². The smallest absolute Gasteiger partial charge is 0.249 e. The number of benzene rings is 2. The third kappa shape index (κ3) is 5.00. The average molecular weight is 381 g/mol. The summed E-state index contributed by atoms with van der Waals surface area (Å²) in [5.74, 6) is 3.16. The van der Waals surface area contributed by atoms with Gasteiger partial charge in [0.05, 0.1) is 27.5 Å².